The third-order valence-electron chi connectivity index (χ3n) is 7.46. The number of hydrogen-bond donors (Lipinski definition) is 1. The Kier molecular flexibility index (Phi) is 5.37. The smallest absolute Gasteiger partial charge is 0.153 e. The number of nitrogens with zero attached hydrogens (tertiary/aromatic N) is 3. The number of hydrogen-bond acceptors (Lipinski definition) is 3. The van der Waals surface area contributed by atoms with E-state index < -0.39 is 0 Å². The molecule has 174 valence electrons. The molecule has 2 aromatic carbocycles. The highest BCUT2D eigenvalue weighted by Crippen LogP contribution is 2.35. The highest BCUT2D eigenvalue weighted by atomic mass is 19.1. The number of halogens is 1. The fourth-order valence-electron chi connectivity index (χ4n) is 5.23. The van der Waals surface area contributed by atoms with Crippen LogP contribution in [0.1, 0.15) is 46.5 Å². The van der Waals surface area contributed by atoms with E-state index in [1.54, 1.807) is 12.1 Å². The van der Waals surface area contributed by atoms with Crippen molar-refractivity contribution in [1.29, 1.82) is 0 Å². The minimum atomic E-state index is -0.192. The largest absolute Gasteiger partial charge is 0.350 e. The van der Waals surface area contributed by atoms with Crippen molar-refractivity contribution in [3.05, 3.63) is 94.1 Å². The van der Waals surface area contributed by atoms with Crippen LogP contribution in [0.4, 0.5) is 10.2 Å². The van der Waals surface area contributed by atoms with E-state index in [4.69, 9.17) is 4.98 Å². The lowest BCUT2D eigenvalue weighted by Crippen LogP contribution is -2.32. The summed E-state index contributed by atoms with van der Waals surface area (Å²) < 4.78 is 16.3. The van der Waals surface area contributed by atoms with Crippen LogP contribution in [-0.2, 0) is 26.1 Å². The maximum atomic E-state index is 14.0. The molecule has 1 fully saturated rings. The Labute approximate surface area is 200 Å². The quantitative estimate of drug-likeness (QED) is 0.408. The summed E-state index contributed by atoms with van der Waals surface area (Å²) in [6.07, 6.45) is 3.55. The van der Waals surface area contributed by atoms with Crippen LogP contribution in [0, 0.1) is 19.7 Å². The van der Waals surface area contributed by atoms with Gasteiger partial charge in [0.1, 0.15) is 5.82 Å². The molecule has 0 radical (unpaired) electrons. The van der Waals surface area contributed by atoms with Crippen LogP contribution in [0.15, 0.2) is 54.6 Å². The van der Waals surface area contributed by atoms with Gasteiger partial charge in [0.2, 0.25) is 0 Å². The van der Waals surface area contributed by atoms with Crippen LogP contribution in [-0.4, -0.2) is 22.1 Å². The summed E-state index contributed by atoms with van der Waals surface area (Å²) in [4.78, 5) is 7.68. The first-order valence-corrected chi connectivity index (χ1v) is 12.4. The number of fused-ring (bicyclic) bond motifs is 2. The normalized spacial score (nSPS) is 15.7. The molecule has 2 aromatic heterocycles. The van der Waals surface area contributed by atoms with E-state index in [0.29, 0.717) is 12.6 Å². The minimum Gasteiger partial charge on any atom is -0.350 e. The van der Waals surface area contributed by atoms with Gasteiger partial charge in [0.15, 0.2) is 5.82 Å². The van der Waals surface area contributed by atoms with E-state index in [-0.39, 0.29) is 5.82 Å². The molecule has 0 amide bonds. The average molecular weight is 455 g/mol. The summed E-state index contributed by atoms with van der Waals surface area (Å²) in [5, 5.41) is 4.90. The van der Waals surface area contributed by atoms with Gasteiger partial charge >= 0.3 is 0 Å². The van der Waals surface area contributed by atoms with E-state index in [2.05, 4.69) is 59.0 Å². The van der Waals surface area contributed by atoms with E-state index in [0.717, 1.165) is 48.6 Å². The molecule has 2 aliphatic rings. The first-order valence-electron chi connectivity index (χ1n) is 12.4. The molecular weight excluding hydrogens is 423 g/mol. The molecule has 0 bridgehead atoms. The van der Waals surface area contributed by atoms with Crippen LogP contribution in [0.2, 0.25) is 0 Å². The number of aryl methyl sites for hydroxylation is 1. The number of nitrogens with one attached hydrogen (secondary N) is 1. The van der Waals surface area contributed by atoms with Gasteiger partial charge in [-0.2, -0.15) is 0 Å². The van der Waals surface area contributed by atoms with Gasteiger partial charge in [-0.05, 0) is 73.6 Å². The monoisotopic (exact) mass is 454 g/mol. The second-order valence-electron chi connectivity index (χ2n) is 9.86. The van der Waals surface area contributed by atoms with Crippen molar-refractivity contribution in [2.75, 3.05) is 11.4 Å². The summed E-state index contributed by atoms with van der Waals surface area (Å²) in [6, 6.07) is 18.6. The van der Waals surface area contributed by atoms with Gasteiger partial charge in [-0.3, -0.25) is 0 Å². The van der Waals surface area contributed by atoms with Gasteiger partial charge in [0.05, 0.1) is 11.2 Å². The summed E-state index contributed by atoms with van der Waals surface area (Å²) in [5.41, 5.74) is 8.53. The average Bonchev–Trinajstić information content (AvgIpc) is 3.66. The predicted molar refractivity (Wildman–Crippen MR) is 136 cm³/mol. The number of benzene rings is 2. The molecule has 1 saturated carbocycles. The summed E-state index contributed by atoms with van der Waals surface area (Å²) >= 11 is 0. The molecular formula is C29H31FN4. The van der Waals surface area contributed by atoms with E-state index >= 15 is 0 Å². The van der Waals surface area contributed by atoms with Crippen molar-refractivity contribution in [2.24, 2.45) is 0 Å². The number of aromatic nitrogens is 2. The SMILES string of the molecule is Cc1c(C)n(Cc2cccc(F)c2)c2c(N3CCc4ccccc4C3)nc(CNC3CC3)cc12. The van der Waals surface area contributed by atoms with Gasteiger partial charge in [0.25, 0.3) is 0 Å². The van der Waals surface area contributed by atoms with Crippen LogP contribution in [0.5, 0.6) is 0 Å². The Morgan fingerprint density at radius 1 is 1.03 bits per heavy atom. The lowest BCUT2D eigenvalue weighted by molar-refractivity contribution is 0.623. The minimum absolute atomic E-state index is 0.192. The molecule has 34 heavy (non-hydrogen) atoms. The first-order chi connectivity index (χ1) is 16.6. The summed E-state index contributed by atoms with van der Waals surface area (Å²) in [6.45, 7) is 7.61. The Morgan fingerprint density at radius 3 is 2.65 bits per heavy atom. The standard InChI is InChI=1S/C29H31FN4/c1-19-20(2)34(17-21-6-5-9-24(30)14-21)28-27(19)15-26(16-31-25-10-11-25)32-29(28)33-13-12-22-7-3-4-8-23(22)18-33/h3-9,14-15,25,31H,10-13,16-18H2,1-2H3. The zero-order chi connectivity index (χ0) is 23.2. The molecule has 0 atom stereocenters. The van der Waals surface area contributed by atoms with Gasteiger partial charge < -0.3 is 14.8 Å². The second-order valence-corrected chi connectivity index (χ2v) is 9.86. The molecule has 1 aliphatic heterocycles. The molecule has 4 aromatic rings. The summed E-state index contributed by atoms with van der Waals surface area (Å²) in [7, 11) is 0. The highest BCUT2D eigenvalue weighted by Gasteiger charge is 2.25. The van der Waals surface area contributed by atoms with E-state index in [1.807, 2.05) is 6.07 Å². The molecule has 3 heterocycles. The fourth-order valence-corrected chi connectivity index (χ4v) is 5.23. The van der Waals surface area contributed by atoms with Gasteiger partial charge in [0, 0.05) is 43.3 Å². The fraction of sp³-hybridized carbons (Fsp3) is 0.345. The molecule has 4 nitrogen and oxygen atoms in total. The number of rotatable bonds is 6. The van der Waals surface area contributed by atoms with Crippen molar-refractivity contribution in [2.45, 2.75) is 58.8 Å². The molecule has 0 unspecified atom stereocenters. The van der Waals surface area contributed by atoms with Crippen LogP contribution in [0.3, 0.4) is 0 Å². The molecule has 0 spiro atoms. The number of pyridine rings is 1. The molecule has 6 rings (SSSR count). The van der Waals surface area contributed by atoms with E-state index in [1.165, 1.54) is 46.7 Å². The van der Waals surface area contributed by atoms with Crippen molar-refractivity contribution in [3.8, 4) is 0 Å². The predicted octanol–water partition coefficient (Wildman–Crippen LogP) is 5.66. The van der Waals surface area contributed by atoms with Crippen LogP contribution >= 0.6 is 0 Å². The van der Waals surface area contributed by atoms with Crippen molar-refractivity contribution in [1.82, 2.24) is 14.9 Å². The molecule has 1 aliphatic carbocycles. The molecule has 1 N–H and O–H groups in total. The Bertz CT molecular complexity index is 1370. The Hall–Kier alpha value is -3.18. The zero-order valence-corrected chi connectivity index (χ0v) is 19.9. The maximum Gasteiger partial charge on any atom is 0.153 e. The number of anilines is 1. The maximum absolute atomic E-state index is 14.0. The van der Waals surface area contributed by atoms with Crippen LogP contribution < -0.4 is 10.2 Å². The lowest BCUT2D eigenvalue weighted by atomic mass is 10.00. The topological polar surface area (TPSA) is 33.1 Å². The molecule has 0 saturated heterocycles. The van der Waals surface area contributed by atoms with Crippen LogP contribution in [0.25, 0.3) is 10.9 Å². The van der Waals surface area contributed by atoms with Gasteiger partial charge in [-0.15, -0.1) is 0 Å². The van der Waals surface area contributed by atoms with E-state index in [9.17, 15) is 4.39 Å². The lowest BCUT2D eigenvalue weighted by Gasteiger charge is -2.31. The van der Waals surface area contributed by atoms with Gasteiger partial charge in [-0.1, -0.05) is 36.4 Å². The summed E-state index contributed by atoms with van der Waals surface area (Å²) in [5.74, 6) is 0.856. The highest BCUT2D eigenvalue weighted by molar-refractivity contribution is 5.94. The zero-order valence-electron chi connectivity index (χ0n) is 19.9. The Balaban J connectivity index is 1.48. The van der Waals surface area contributed by atoms with Crippen molar-refractivity contribution < 1.29 is 4.39 Å². The van der Waals surface area contributed by atoms with Crippen molar-refractivity contribution >= 4 is 16.7 Å². The second kappa shape index (κ2) is 8.55. The van der Waals surface area contributed by atoms with Gasteiger partial charge in [-0.25, -0.2) is 9.37 Å². The van der Waals surface area contributed by atoms with Crippen molar-refractivity contribution in [3.63, 3.8) is 0 Å². The first kappa shape index (κ1) is 21.4. The third-order valence-corrected chi connectivity index (χ3v) is 7.46. The molecule has 5 heteroatoms. The Morgan fingerprint density at radius 2 is 1.85 bits per heavy atom. The third kappa shape index (κ3) is 3.98.